The Balaban J connectivity index is 1.93. The molecule has 0 fully saturated rings. The molecule has 1 amide bonds. The molecule has 0 aliphatic carbocycles. The molecule has 1 aromatic heterocycles. The summed E-state index contributed by atoms with van der Waals surface area (Å²) in [5, 5.41) is 2.81. The molecule has 0 radical (unpaired) electrons. The van der Waals surface area contributed by atoms with Crippen LogP contribution in [0.2, 0.25) is 0 Å². The molecule has 2 rings (SSSR count). The van der Waals surface area contributed by atoms with Crippen molar-refractivity contribution in [2.75, 3.05) is 13.7 Å². The number of ether oxygens (including phenoxy) is 2. The van der Waals surface area contributed by atoms with E-state index in [0.29, 0.717) is 17.3 Å². The second kappa shape index (κ2) is 8.08. The van der Waals surface area contributed by atoms with Gasteiger partial charge >= 0.3 is 0 Å². The first kappa shape index (κ1) is 16.7. The van der Waals surface area contributed by atoms with Crippen LogP contribution in [0, 0.1) is 0 Å². The molecule has 122 valence electrons. The fourth-order valence-electron chi connectivity index (χ4n) is 2.13. The number of hydrogen-bond acceptors (Lipinski definition) is 4. The summed E-state index contributed by atoms with van der Waals surface area (Å²) in [6.07, 6.45) is 5.48. The second-order valence-corrected chi connectivity index (χ2v) is 5.00. The van der Waals surface area contributed by atoms with Crippen LogP contribution >= 0.6 is 0 Å². The molecule has 1 N–H and O–H groups in total. The predicted molar refractivity (Wildman–Crippen MR) is 88.5 cm³/mol. The fraction of sp³-hybridized carbons (Fsp3) is 0.278. The van der Waals surface area contributed by atoms with Crippen LogP contribution in [-0.4, -0.2) is 19.6 Å². The molecule has 1 atom stereocenters. The summed E-state index contributed by atoms with van der Waals surface area (Å²) in [6.45, 7) is 3.70. The summed E-state index contributed by atoms with van der Waals surface area (Å²) in [6, 6.07) is 8.94. The van der Waals surface area contributed by atoms with Gasteiger partial charge in [0.1, 0.15) is 5.76 Å². The van der Waals surface area contributed by atoms with E-state index >= 15 is 0 Å². The van der Waals surface area contributed by atoms with Crippen LogP contribution in [0.1, 0.15) is 31.2 Å². The molecule has 23 heavy (non-hydrogen) atoms. The van der Waals surface area contributed by atoms with Gasteiger partial charge in [0.2, 0.25) is 0 Å². The molecule has 1 aromatic carbocycles. The third kappa shape index (κ3) is 4.64. The summed E-state index contributed by atoms with van der Waals surface area (Å²) in [5.41, 5.74) is 1.01. The molecule has 0 spiro atoms. The molecule has 0 saturated heterocycles. The number of hydrogen-bond donors (Lipinski definition) is 1. The van der Waals surface area contributed by atoms with Crippen molar-refractivity contribution in [1.29, 1.82) is 0 Å². The normalized spacial score (nSPS) is 12.1. The van der Waals surface area contributed by atoms with Crippen LogP contribution < -0.4 is 14.8 Å². The molecule has 5 heteroatoms. The summed E-state index contributed by atoms with van der Waals surface area (Å²) < 4.78 is 16.1. The minimum atomic E-state index is -0.228. The predicted octanol–water partition coefficient (Wildman–Crippen LogP) is 3.58. The maximum Gasteiger partial charge on any atom is 0.258 e. The minimum absolute atomic E-state index is 0.0929. The number of carbonyl (C=O) groups is 1. The Labute approximate surface area is 135 Å². The molecule has 0 saturated carbocycles. The summed E-state index contributed by atoms with van der Waals surface area (Å²) in [5.74, 6) is 1.59. The first-order valence-corrected chi connectivity index (χ1v) is 7.40. The number of benzene rings is 1. The summed E-state index contributed by atoms with van der Waals surface area (Å²) in [7, 11) is 1.57. The fourth-order valence-corrected chi connectivity index (χ4v) is 2.13. The highest BCUT2D eigenvalue weighted by atomic mass is 16.5. The highest BCUT2D eigenvalue weighted by Crippen LogP contribution is 2.28. The van der Waals surface area contributed by atoms with Gasteiger partial charge in [-0.25, -0.2) is 0 Å². The monoisotopic (exact) mass is 315 g/mol. The summed E-state index contributed by atoms with van der Waals surface area (Å²) in [4.78, 5) is 12.0. The highest BCUT2D eigenvalue weighted by molar-refractivity contribution is 5.78. The van der Waals surface area contributed by atoms with E-state index < -0.39 is 0 Å². The maximum absolute atomic E-state index is 12.0. The lowest BCUT2D eigenvalue weighted by Crippen LogP contribution is -2.31. The topological polar surface area (TPSA) is 60.7 Å². The summed E-state index contributed by atoms with van der Waals surface area (Å²) >= 11 is 0. The number of furan rings is 1. The third-order valence-electron chi connectivity index (χ3n) is 3.25. The Bertz CT molecular complexity index is 662. The molecular weight excluding hydrogens is 294 g/mol. The van der Waals surface area contributed by atoms with Gasteiger partial charge in [0.15, 0.2) is 18.1 Å². The van der Waals surface area contributed by atoms with Crippen LogP contribution in [0.4, 0.5) is 0 Å². The van der Waals surface area contributed by atoms with E-state index in [0.717, 1.165) is 5.56 Å². The molecule has 1 heterocycles. The van der Waals surface area contributed by atoms with Gasteiger partial charge in [-0.05, 0) is 43.7 Å². The van der Waals surface area contributed by atoms with E-state index in [-0.39, 0.29) is 18.6 Å². The Morgan fingerprint density at radius 1 is 1.35 bits per heavy atom. The van der Waals surface area contributed by atoms with Crippen LogP contribution in [0.3, 0.4) is 0 Å². The SMILES string of the molecule is C/C=C/c1ccc(OCC(=O)N[C@H](C)c2ccco2)c(OC)c1. The van der Waals surface area contributed by atoms with E-state index in [4.69, 9.17) is 13.9 Å². The first-order valence-electron chi connectivity index (χ1n) is 7.40. The second-order valence-electron chi connectivity index (χ2n) is 5.00. The van der Waals surface area contributed by atoms with Gasteiger partial charge in [-0.15, -0.1) is 0 Å². The van der Waals surface area contributed by atoms with Gasteiger partial charge in [0.25, 0.3) is 5.91 Å². The number of methoxy groups -OCH3 is 1. The van der Waals surface area contributed by atoms with Gasteiger partial charge < -0.3 is 19.2 Å². The molecular formula is C18H21NO4. The number of amides is 1. The van der Waals surface area contributed by atoms with Crippen molar-refractivity contribution in [3.8, 4) is 11.5 Å². The van der Waals surface area contributed by atoms with Crippen molar-refractivity contribution in [3.05, 3.63) is 54.0 Å². The standard InChI is InChI=1S/C18H21NO4/c1-4-6-14-8-9-16(17(11-14)21-3)23-12-18(20)19-13(2)15-7-5-10-22-15/h4-11,13H,12H2,1-3H3,(H,19,20)/b6-4+/t13-/m1/s1. The maximum atomic E-state index is 12.0. The Hall–Kier alpha value is -2.69. The van der Waals surface area contributed by atoms with E-state index in [9.17, 15) is 4.79 Å². The first-order chi connectivity index (χ1) is 11.1. The molecule has 0 aliphatic heterocycles. The third-order valence-corrected chi connectivity index (χ3v) is 3.25. The van der Waals surface area contributed by atoms with Crippen molar-refractivity contribution in [3.63, 3.8) is 0 Å². The van der Waals surface area contributed by atoms with Gasteiger partial charge in [0.05, 0.1) is 19.4 Å². The average Bonchev–Trinajstić information content (AvgIpc) is 3.08. The zero-order valence-corrected chi connectivity index (χ0v) is 13.5. The Morgan fingerprint density at radius 3 is 2.83 bits per heavy atom. The average molecular weight is 315 g/mol. The van der Waals surface area contributed by atoms with E-state index in [1.54, 1.807) is 25.5 Å². The van der Waals surface area contributed by atoms with E-state index in [1.165, 1.54) is 0 Å². The van der Waals surface area contributed by atoms with Crippen LogP contribution in [-0.2, 0) is 4.79 Å². The number of allylic oxidation sites excluding steroid dienone is 1. The van der Waals surface area contributed by atoms with Crippen molar-refractivity contribution in [2.24, 2.45) is 0 Å². The zero-order chi connectivity index (χ0) is 16.7. The zero-order valence-electron chi connectivity index (χ0n) is 13.5. The van der Waals surface area contributed by atoms with Gasteiger partial charge in [-0.3, -0.25) is 4.79 Å². The van der Waals surface area contributed by atoms with Crippen LogP contribution in [0.15, 0.2) is 47.1 Å². The highest BCUT2D eigenvalue weighted by Gasteiger charge is 2.13. The van der Waals surface area contributed by atoms with Crippen molar-refractivity contribution < 1.29 is 18.7 Å². The Morgan fingerprint density at radius 2 is 2.17 bits per heavy atom. The van der Waals surface area contributed by atoms with Gasteiger partial charge in [-0.1, -0.05) is 18.2 Å². The van der Waals surface area contributed by atoms with Gasteiger partial charge in [-0.2, -0.15) is 0 Å². The van der Waals surface area contributed by atoms with Crippen LogP contribution in [0.5, 0.6) is 11.5 Å². The molecule has 0 aliphatic rings. The van der Waals surface area contributed by atoms with Crippen molar-refractivity contribution >= 4 is 12.0 Å². The largest absolute Gasteiger partial charge is 0.493 e. The lowest BCUT2D eigenvalue weighted by molar-refractivity contribution is -0.123. The van der Waals surface area contributed by atoms with E-state index in [1.807, 2.05) is 44.2 Å². The minimum Gasteiger partial charge on any atom is -0.493 e. The van der Waals surface area contributed by atoms with Gasteiger partial charge in [0, 0.05) is 0 Å². The van der Waals surface area contributed by atoms with Crippen molar-refractivity contribution in [2.45, 2.75) is 19.9 Å². The number of nitrogens with one attached hydrogen (secondary N) is 1. The smallest absolute Gasteiger partial charge is 0.258 e. The molecule has 5 nitrogen and oxygen atoms in total. The quantitative estimate of drug-likeness (QED) is 0.848. The van der Waals surface area contributed by atoms with E-state index in [2.05, 4.69) is 5.32 Å². The van der Waals surface area contributed by atoms with Crippen molar-refractivity contribution in [1.82, 2.24) is 5.32 Å². The number of carbonyl (C=O) groups excluding carboxylic acids is 1. The molecule has 2 aromatic rings. The Kier molecular flexibility index (Phi) is 5.86. The molecule has 0 bridgehead atoms. The number of rotatable bonds is 7. The van der Waals surface area contributed by atoms with Crippen LogP contribution in [0.25, 0.3) is 6.08 Å². The lowest BCUT2D eigenvalue weighted by Gasteiger charge is -2.14. The lowest BCUT2D eigenvalue weighted by atomic mass is 10.2. The molecule has 0 unspecified atom stereocenters.